The van der Waals surface area contributed by atoms with Crippen molar-refractivity contribution in [1.82, 2.24) is 9.80 Å². The molecule has 0 aromatic rings. The van der Waals surface area contributed by atoms with Crippen LogP contribution in [-0.2, 0) is 23.7 Å². The van der Waals surface area contributed by atoms with E-state index >= 15 is 0 Å². The molecule has 3 heterocycles. The van der Waals surface area contributed by atoms with Gasteiger partial charge in [-0.3, -0.25) is 9.69 Å². The summed E-state index contributed by atoms with van der Waals surface area (Å²) in [5.74, 6) is 2.14. The zero-order valence-electron chi connectivity index (χ0n) is 21.9. The van der Waals surface area contributed by atoms with E-state index in [1.54, 1.807) is 0 Å². The number of carbonyl (C=O) groups excluding carboxylic acids is 1. The molecular formula is C28H46N2O6. The Morgan fingerprint density at radius 3 is 2.58 bits per heavy atom. The number of carbonyl (C=O) groups is 1. The van der Waals surface area contributed by atoms with E-state index in [0.717, 1.165) is 64.8 Å². The standard InChI is InChI=1S/C28H46N2O6/c31-14-4-5-15-33-27-18-23(22-6-2-1-3-7-22)17-26(36-27)28(32)30-12-10-29(11-13-30)19-21-8-9-24-25(16-21)35-20-34-24/h17,21-25,27,31H,1-16,18-20H2/t21?,23-,24?,25?,27+/m0/s1. The number of fused-ring (bicyclic) bond motifs is 1. The van der Waals surface area contributed by atoms with Gasteiger partial charge in [-0.05, 0) is 68.8 Å². The second-order valence-corrected chi connectivity index (χ2v) is 11.5. The number of unbranched alkanes of at least 4 members (excludes halogenated alkanes) is 1. The predicted octanol–water partition coefficient (Wildman–Crippen LogP) is 3.29. The quantitative estimate of drug-likeness (QED) is 0.481. The fourth-order valence-electron chi connectivity index (χ4n) is 6.84. The third-order valence-corrected chi connectivity index (χ3v) is 8.99. The van der Waals surface area contributed by atoms with Crippen LogP contribution in [0.15, 0.2) is 11.8 Å². The molecule has 1 amide bonds. The van der Waals surface area contributed by atoms with Crippen LogP contribution in [0, 0.1) is 17.8 Å². The Kier molecular flexibility index (Phi) is 9.58. The van der Waals surface area contributed by atoms with Crippen molar-refractivity contribution in [3.05, 3.63) is 11.8 Å². The topological polar surface area (TPSA) is 80.7 Å². The first kappa shape index (κ1) is 26.4. The molecule has 2 aliphatic carbocycles. The molecule has 5 aliphatic rings. The molecule has 2 saturated heterocycles. The van der Waals surface area contributed by atoms with Gasteiger partial charge in [0, 0.05) is 45.8 Å². The summed E-state index contributed by atoms with van der Waals surface area (Å²) in [4.78, 5) is 18.0. The van der Waals surface area contributed by atoms with Crippen LogP contribution in [0.25, 0.3) is 0 Å². The lowest BCUT2D eigenvalue weighted by atomic mass is 9.77. The molecule has 0 spiro atoms. The van der Waals surface area contributed by atoms with Gasteiger partial charge in [-0.25, -0.2) is 0 Å². The van der Waals surface area contributed by atoms with Crippen molar-refractivity contribution < 1.29 is 28.8 Å². The van der Waals surface area contributed by atoms with E-state index in [9.17, 15) is 4.79 Å². The van der Waals surface area contributed by atoms with Crippen molar-refractivity contribution in [1.29, 1.82) is 0 Å². The Hall–Kier alpha value is -1.19. The summed E-state index contributed by atoms with van der Waals surface area (Å²) in [6, 6.07) is 0. The van der Waals surface area contributed by atoms with E-state index in [-0.39, 0.29) is 24.9 Å². The zero-order valence-corrected chi connectivity index (χ0v) is 21.9. The van der Waals surface area contributed by atoms with E-state index in [4.69, 9.17) is 24.1 Å². The van der Waals surface area contributed by atoms with Gasteiger partial charge in [0.1, 0.15) is 6.79 Å². The fraction of sp³-hybridized carbons (Fsp3) is 0.893. The molecule has 3 aliphatic heterocycles. The maximum atomic E-state index is 13.5. The van der Waals surface area contributed by atoms with E-state index in [1.165, 1.54) is 38.5 Å². The molecule has 0 aromatic heterocycles. The Bertz CT molecular complexity index is 734. The fourth-order valence-corrected chi connectivity index (χ4v) is 6.84. The third kappa shape index (κ3) is 6.81. The molecule has 4 fully saturated rings. The summed E-state index contributed by atoms with van der Waals surface area (Å²) < 4.78 is 23.6. The van der Waals surface area contributed by atoms with E-state index < -0.39 is 0 Å². The average Bonchev–Trinajstić information content (AvgIpc) is 3.40. The van der Waals surface area contributed by atoms with Gasteiger partial charge in [-0.15, -0.1) is 0 Å². The molecule has 3 unspecified atom stereocenters. The van der Waals surface area contributed by atoms with Crippen LogP contribution >= 0.6 is 0 Å². The molecule has 0 aromatic carbocycles. The van der Waals surface area contributed by atoms with Crippen LogP contribution < -0.4 is 0 Å². The first-order valence-corrected chi connectivity index (χ1v) is 14.6. The highest BCUT2D eigenvalue weighted by molar-refractivity contribution is 5.91. The molecule has 2 saturated carbocycles. The van der Waals surface area contributed by atoms with Crippen LogP contribution in [0.4, 0.5) is 0 Å². The molecule has 8 heteroatoms. The van der Waals surface area contributed by atoms with Gasteiger partial charge >= 0.3 is 0 Å². The molecule has 1 N–H and O–H groups in total. The lowest BCUT2D eigenvalue weighted by molar-refractivity contribution is -0.158. The van der Waals surface area contributed by atoms with Crippen molar-refractivity contribution in [2.75, 3.05) is 52.7 Å². The third-order valence-electron chi connectivity index (χ3n) is 8.99. The number of hydrogen-bond donors (Lipinski definition) is 1. The maximum absolute atomic E-state index is 13.5. The number of allylic oxidation sites excluding steroid dienone is 1. The predicted molar refractivity (Wildman–Crippen MR) is 135 cm³/mol. The van der Waals surface area contributed by atoms with E-state index in [1.807, 2.05) is 4.90 Å². The highest BCUT2D eigenvalue weighted by atomic mass is 16.7. The maximum Gasteiger partial charge on any atom is 0.288 e. The van der Waals surface area contributed by atoms with E-state index in [2.05, 4.69) is 11.0 Å². The zero-order chi connectivity index (χ0) is 24.7. The number of nitrogens with zero attached hydrogens (tertiary/aromatic N) is 2. The number of hydrogen-bond acceptors (Lipinski definition) is 7. The van der Waals surface area contributed by atoms with Gasteiger partial charge in [-0.2, -0.15) is 0 Å². The first-order chi connectivity index (χ1) is 17.7. The molecular weight excluding hydrogens is 460 g/mol. The average molecular weight is 507 g/mol. The summed E-state index contributed by atoms with van der Waals surface area (Å²) in [5, 5.41) is 9.06. The Labute approximate surface area is 216 Å². The number of rotatable bonds is 9. The number of amides is 1. The van der Waals surface area contributed by atoms with Gasteiger partial charge < -0.3 is 29.0 Å². The summed E-state index contributed by atoms with van der Waals surface area (Å²) >= 11 is 0. The van der Waals surface area contributed by atoms with Crippen molar-refractivity contribution in [3.63, 3.8) is 0 Å². The second kappa shape index (κ2) is 13.1. The highest BCUT2D eigenvalue weighted by Gasteiger charge is 2.38. The number of aliphatic hydroxyl groups excluding tert-OH is 1. The minimum Gasteiger partial charge on any atom is -0.459 e. The number of aliphatic hydroxyl groups is 1. The Morgan fingerprint density at radius 1 is 0.972 bits per heavy atom. The van der Waals surface area contributed by atoms with Gasteiger partial charge in [0.05, 0.1) is 18.8 Å². The lowest BCUT2D eigenvalue weighted by Crippen LogP contribution is -2.51. The van der Waals surface area contributed by atoms with Crippen LogP contribution in [0.3, 0.4) is 0 Å². The smallest absolute Gasteiger partial charge is 0.288 e. The SMILES string of the molecule is O=C(C1=C[C@H](C2CCCCC2)C[C@H](OCCCCO)O1)N1CCN(CC2CCC3OCOC3C2)CC1. The minimum absolute atomic E-state index is 0.0242. The number of piperazine rings is 1. The molecule has 8 nitrogen and oxygen atoms in total. The van der Waals surface area contributed by atoms with Crippen molar-refractivity contribution >= 4 is 5.91 Å². The van der Waals surface area contributed by atoms with Crippen LogP contribution in [-0.4, -0.2) is 92.0 Å². The van der Waals surface area contributed by atoms with Crippen LogP contribution in [0.2, 0.25) is 0 Å². The normalized spacial score (nSPS) is 34.2. The summed E-state index contributed by atoms with van der Waals surface area (Å²) in [5.41, 5.74) is 0. The van der Waals surface area contributed by atoms with Crippen molar-refractivity contribution in [2.24, 2.45) is 17.8 Å². The summed E-state index contributed by atoms with van der Waals surface area (Å²) in [7, 11) is 0. The van der Waals surface area contributed by atoms with Gasteiger partial charge in [0.15, 0.2) is 5.76 Å². The largest absolute Gasteiger partial charge is 0.459 e. The molecule has 0 radical (unpaired) electrons. The molecule has 36 heavy (non-hydrogen) atoms. The van der Waals surface area contributed by atoms with Gasteiger partial charge in [0.25, 0.3) is 5.91 Å². The first-order valence-electron chi connectivity index (χ1n) is 14.6. The van der Waals surface area contributed by atoms with Gasteiger partial charge in [-0.1, -0.05) is 19.3 Å². The lowest BCUT2D eigenvalue weighted by Gasteiger charge is -2.40. The van der Waals surface area contributed by atoms with Gasteiger partial charge in [0.2, 0.25) is 6.29 Å². The second-order valence-electron chi connectivity index (χ2n) is 11.5. The highest BCUT2D eigenvalue weighted by Crippen LogP contribution is 2.38. The van der Waals surface area contributed by atoms with Crippen LogP contribution in [0.5, 0.6) is 0 Å². The molecule has 5 atom stereocenters. The summed E-state index contributed by atoms with van der Waals surface area (Å²) in [6.07, 6.45) is 14.5. The molecule has 5 rings (SSSR count). The Morgan fingerprint density at radius 2 is 1.78 bits per heavy atom. The van der Waals surface area contributed by atoms with Crippen LogP contribution in [0.1, 0.15) is 70.6 Å². The minimum atomic E-state index is -0.363. The molecule has 0 bridgehead atoms. The molecule has 204 valence electrons. The summed E-state index contributed by atoms with van der Waals surface area (Å²) in [6.45, 7) is 5.59. The monoisotopic (exact) mass is 506 g/mol. The number of ether oxygens (including phenoxy) is 4. The van der Waals surface area contributed by atoms with Crippen molar-refractivity contribution in [2.45, 2.75) is 89.1 Å². The Balaban J connectivity index is 1.13. The van der Waals surface area contributed by atoms with Crippen molar-refractivity contribution in [3.8, 4) is 0 Å². The van der Waals surface area contributed by atoms with E-state index in [0.29, 0.717) is 43.0 Å².